The Morgan fingerprint density at radius 1 is 1.11 bits per heavy atom. The maximum Gasteiger partial charge on any atom is 0.338 e. The minimum Gasteiger partial charge on any atom is -0.490 e. The van der Waals surface area contributed by atoms with E-state index in [-0.39, 0.29) is 17.8 Å². The smallest absolute Gasteiger partial charge is 0.338 e. The van der Waals surface area contributed by atoms with Gasteiger partial charge in [0.15, 0.2) is 16.3 Å². The zero-order valence-corrected chi connectivity index (χ0v) is 23.9. The molecular formula is C29H31ClN2O5S. The number of hydrogen-bond donors (Lipinski definition) is 0. The lowest BCUT2D eigenvalue weighted by atomic mass is 9.96. The van der Waals surface area contributed by atoms with Crippen LogP contribution < -0.4 is 24.4 Å². The third-order valence-corrected chi connectivity index (χ3v) is 6.93. The van der Waals surface area contributed by atoms with Gasteiger partial charge in [-0.15, -0.1) is 0 Å². The first-order chi connectivity index (χ1) is 18.1. The van der Waals surface area contributed by atoms with Gasteiger partial charge >= 0.3 is 5.97 Å². The van der Waals surface area contributed by atoms with E-state index in [1.807, 2.05) is 51.1 Å². The Hall–Kier alpha value is -3.36. The lowest BCUT2D eigenvalue weighted by Gasteiger charge is -2.25. The number of aromatic nitrogens is 1. The van der Waals surface area contributed by atoms with E-state index in [4.69, 9.17) is 25.8 Å². The number of esters is 1. The average molecular weight is 555 g/mol. The number of thiazole rings is 1. The molecule has 0 bridgehead atoms. The van der Waals surface area contributed by atoms with Gasteiger partial charge in [-0.05, 0) is 83.0 Å². The molecule has 0 N–H and O–H groups in total. The molecule has 0 saturated carbocycles. The van der Waals surface area contributed by atoms with Gasteiger partial charge in [-0.3, -0.25) is 9.36 Å². The van der Waals surface area contributed by atoms with Crippen molar-refractivity contribution in [1.29, 1.82) is 0 Å². The van der Waals surface area contributed by atoms with Gasteiger partial charge < -0.3 is 14.2 Å². The van der Waals surface area contributed by atoms with Crippen LogP contribution in [0, 0.1) is 0 Å². The Kier molecular flexibility index (Phi) is 8.43. The maximum atomic E-state index is 13.8. The normalized spacial score (nSPS) is 15.5. The number of nitrogens with zero attached hydrogens (tertiary/aromatic N) is 2. The second kappa shape index (κ2) is 11.6. The lowest BCUT2D eigenvalue weighted by molar-refractivity contribution is -0.143. The van der Waals surface area contributed by atoms with Crippen LogP contribution in [0.5, 0.6) is 11.5 Å². The van der Waals surface area contributed by atoms with Gasteiger partial charge in [-0.25, -0.2) is 9.79 Å². The number of rotatable bonds is 8. The van der Waals surface area contributed by atoms with Gasteiger partial charge in [-0.2, -0.15) is 0 Å². The molecule has 2 heterocycles. The van der Waals surface area contributed by atoms with E-state index in [0.717, 1.165) is 11.1 Å². The molecule has 4 rings (SSSR count). The van der Waals surface area contributed by atoms with Crippen LogP contribution >= 0.6 is 22.9 Å². The summed E-state index contributed by atoms with van der Waals surface area (Å²) < 4.78 is 19.2. The third kappa shape index (κ3) is 5.87. The standard InChI is InChI=1S/C29H31ClN2O5S/c1-7-35-23-14-19(8-13-22(23)36-16(2)3)15-24-27(33)32-26(20-9-11-21(30)12-10-20)25(28(34)37-17(4)5)18(6)31-29(32)38-24/h8-17,26H,7H2,1-6H3/b24-15-/t26-/m1/s1. The van der Waals surface area contributed by atoms with E-state index < -0.39 is 12.0 Å². The second-order valence-electron chi connectivity index (χ2n) is 9.39. The first kappa shape index (κ1) is 27.7. The first-order valence-corrected chi connectivity index (χ1v) is 13.7. The van der Waals surface area contributed by atoms with Crippen molar-refractivity contribution in [1.82, 2.24) is 4.57 Å². The van der Waals surface area contributed by atoms with Gasteiger partial charge in [0.1, 0.15) is 0 Å². The summed E-state index contributed by atoms with van der Waals surface area (Å²) in [4.78, 5) is 32.1. The Labute approximate surface area is 230 Å². The minimum atomic E-state index is -0.697. The molecule has 200 valence electrons. The number of ether oxygens (including phenoxy) is 3. The van der Waals surface area contributed by atoms with Gasteiger partial charge in [0.2, 0.25) is 0 Å². The average Bonchev–Trinajstić information content (AvgIpc) is 3.14. The van der Waals surface area contributed by atoms with Gasteiger partial charge in [0, 0.05) is 5.02 Å². The summed E-state index contributed by atoms with van der Waals surface area (Å²) >= 11 is 7.40. The number of halogens is 1. The molecule has 9 heteroatoms. The number of allylic oxidation sites excluding steroid dienone is 1. The van der Waals surface area contributed by atoms with Crippen LogP contribution in [0.4, 0.5) is 0 Å². The maximum absolute atomic E-state index is 13.8. The quantitative estimate of drug-likeness (QED) is 0.365. The summed E-state index contributed by atoms with van der Waals surface area (Å²) in [6, 6.07) is 12.0. The van der Waals surface area contributed by atoms with Gasteiger partial charge in [0.25, 0.3) is 5.56 Å². The lowest BCUT2D eigenvalue weighted by Crippen LogP contribution is -2.40. The molecule has 0 saturated heterocycles. The molecule has 0 amide bonds. The van der Waals surface area contributed by atoms with Crippen LogP contribution in [0.1, 0.15) is 58.7 Å². The number of hydrogen-bond acceptors (Lipinski definition) is 7. The van der Waals surface area contributed by atoms with Crippen LogP contribution in [0.15, 0.2) is 63.5 Å². The Morgan fingerprint density at radius 2 is 1.82 bits per heavy atom. The van der Waals surface area contributed by atoms with Crippen molar-refractivity contribution in [3.8, 4) is 11.5 Å². The third-order valence-electron chi connectivity index (χ3n) is 5.70. The second-order valence-corrected chi connectivity index (χ2v) is 10.8. The fourth-order valence-corrected chi connectivity index (χ4v) is 5.38. The van der Waals surface area contributed by atoms with E-state index in [1.165, 1.54) is 11.3 Å². The highest BCUT2D eigenvalue weighted by atomic mass is 35.5. The molecule has 0 spiro atoms. The van der Waals surface area contributed by atoms with Crippen LogP contribution in [-0.2, 0) is 9.53 Å². The summed E-state index contributed by atoms with van der Waals surface area (Å²) in [6.45, 7) is 11.6. The number of carbonyl (C=O) groups is 1. The molecular weight excluding hydrogens is 524 g/mol. The van der Waals surface area contributed by atoms with Crippen molar-refractivity contribution in [2.75, 3.05) is 6.61 Å². The van der Waals surface area contributed by atoms with Crippen LogP contribution in [0.3, 0.4) is 0 Å². The largest absolute Gasteiger partial charge is 0.490 e. The van der Waals surface area contributed by atoms with Crippen LogP contribution in [0.25, 0.3) is 6.08 Å². The fourth-order valence-electron chi connectivity index (χ4n) is 4.21. The molecule has 0 radical (unpaired) electrons. The van der Waals surface area contributed by atoms with Crippen molar-refractivity contribution in [3.63, 3.8) is 0 Å². The Balaban J connectivity index is 1.87. The van der Waals surface area contributed by atoms with Crippen molar-refractivity contribution < 1.29 is 19.0 Å². The summed E-state index contributed by atoms with van der Waals surface area (Å²) in [5.74, 6) is 0.751. The Morgan fingerprint density at radius 3 is 2.45 bits per heavy atom. The zero-order valence-electron chi connectivity index (χ0n) is 22.3. The van der Waals surface area contributed by atoms with E-state index in [9.17, 15) is 9.59 Å². The van der Waals surface area contributed by atoms with Crippen molar-refractivity contribution in [3.05, 3.63) is 89.6 Å². The highest BCUT2D eigenvalue weighted by Crippen LogP contribution is 2.32. The number of carbonyl (C=O) groups excluding carboxylic acids is 1. The monoisotopic (exact) mass is 554 g/mol. The van der Waals surface area contributed by atoms with Crippen molar-refractivity contribution in [2.45, 2.75) is 59.8 Å². The van der Waals surface area contributed by atoms with E-state index in [2.05, 4.69) is 4.99 Å². The zero-order chi connectivity index (χ0) is 27.6. The molecule has 38 heavy (non-hydrogen) atoms. The summed E-state index contributed by atoms with van der Waals surface area (Å²) in [5, 5.41) is 0.558. The topological polar surface area (TPSA) is 79.1 Å². The van der Waals surface area contributed by atoms with Gasteiger partial charge in [-0.1, -0.05) is 41.1 Å². The highest BCUT2D eigenvalue weighted by molar-refractivity contribution is 7.07. The van der Waals surface area contributed by atoms with E-state index in [0.29, 0.717) is 43.7 Å². The molecule has 7 nitrogen and oxygen atoms in total. The highest BCUT2D eigenvalue weighted by Gasteiger charge is 2.33. The number of benzene rings is 2. The SMILES string of the molecule is CCOc1cc(/C=c2\sc3n(c2=O)[C@H](c2ccc(Cl)cc2)C(C(=O)OC(C)C)=C(C)N=3)ccc1OC(C)C. The molecule has 1 aliphatic heterocycles. The van der Waals surface area contributed by atoms with E-state index in [1.54, 1.807) is 43.5 Å². The fraction of sp³-hybridized carbons (Fsp3) is 0.345. The van der Waals surface area contributed by atoms with Crippen LogP contribution in [0.2, 0.25) is 5.02 Å². The summed E-state index contributed by atoms with van der Waals surface area (Å²) in [7, 11) is 0. The van der Waals surface area contributed by atoms with Gasteiger partial charge in [0.05, 0.1) is 40.7 Å². The molecule has 0 aliphatic carbocycles. The summed E-state index contributed by atoms with van der Waals surface area (Å²) in [5.41, 5.74) is 2.11. The molecule has 1 aromatic heterocycles. The van der Waals surface area contributed by atoms with Crippen molar-refractivity contribution in [2.24, 2.45) is 4.99 Å². The molecule has 2 aromatic carbocycles. The number of fused-ring (bicyclic) bond motifs is 1. The van der Waals surface area contributed by atoms with Crippen LogP contribution in [-0.4, -0.2) is 29.4 Å². The molecule has 1 atom stereocenters. The minimum absolute atomic E-state index is 0.00330. The molecule has 0 unspecified atom stereocenters. The Bertz CT molecular complexity index is 1550. The van der Waals surface area contributed by atoms with E-state index >= 15 is 0 Å². The molecule has 0 fully saturated rings. The predicted octanol–water partition coefficient (Wildman–Crippen LogP) is 5.03. The van der Waals surface area contributed by atoms with Crippen molar-refractivity contribution >= 4 is 35.0 Å². The summed E-state index contributed by atoms with van der Waals surface area (Å²) in [6.07, 6.45) is 1.48. The molecule has 3 aromatic rings. The predicted molar refractivity (Wildman–Crippen MR) is 150 cm³/mol. The first-order valence-electron chi connectivity index (χ1n) is 12.5. The molecule has 1 aliphatic rings.